The Morgan fingerprint density at radius 2 is 2.37 bits per heavy atom. The van der Waals surface area contributed by atoms with Crippen molar-refractivity contribution in [1.82, 2.24) is 10.3 Å². The number of nitro groups is 1. The summed E-state index contributed by atoms with van der Waals surface area (Å²) in [6, 6.07) is 1.11. The van der Waals surface area contributed by atoms with Gasteiger partial charge in [-0.05, 0) is 25.4 Å². The highest BCUT2D eigenvalue weighted by Gasteiger charge is 2.17. The molecule has 3 N–H and O–H groups in total. The first-order chi connectivity index (χ1) is 8.95. The highest BCUT2D eigenvalue weighted by molar-refractivity contribution is 7.98. The molecule has 1 aromatic rings. The fourth-order valence-corrected chi connectivity index (χ4v) is 2.00. The molecule has 19 heavy (non-hydrogen) atoms. The standard InChI is InChI=1S/C11H16N4O3S/c1-7(3-4-19-2)14-11(16)9-5-8(15(17)18)6-13-10(9)12/h5-7H,3-4H2,1-2H3,(H2,12,13)(H,14,16). The largest absolute Gasteiger partial charge is 0.383 e. The van der Waals surface area contributed by atoms with Crippen molar-refractivity contribution in [2.24, 2.45) is 0 Å². The van der Waals surface area contributed by atoms with Crippen molar-refractivity contribution in [3.05, 3.63) is 27.9 Å². The molecule has 0 saturated carbocycles. The molecule has 1 atom stereocenters. The minimum atomic E-state index is -0.611. The minimum absolute atomic E-state index is 0.0137. The lowest BCUT2D eigenvalue weighted by Gasteiger charge is -2.13. The van der Waals surface area contributed by atoms with Crippen molar-refractivity contribution >= 4 is 29.2 Å². The molecule has 1 unspecified atom stereocenters. The summed E-state index contributed by atoms with van der Waals surface area (Å²) < 4.78 is 0. The predicted molar refractivity (Wildman–Crippen MR) is 75.2 cm³/mol. The van der Waals surface area contributed by atoms with Gasteiger partial charge < -0.3 is 11.1 Å². The van der Waals surface area contributed by atoms with E-state index < -0.39 is 10.8 Å². The van der Waals surface area contributed by atoms with Crippen LogP contribution in [0.1, 0.15) is 23.7 Å². The summed E-state index contributed by atoms with van der Waals surface area (Å²) in [5, 5.41) is 13.4. The Hall–Kier alpha value is -1.83. The van der Waals surface area contributed by atoms with Gasteiger partial charge in [-0.3, -0.25) is 14.9 Å². The van der Waals surface area contributed by atoms with E-state index in [2.05, 4.69) is 10.3 Å². The Balaban J connectivity index is 2.81. The molecule has 0 aliphatic carbocycles. The molecule has 1 rings (SSSR count). The zero-order valence-corrected chi connectivity index (χ0v) is 11.6. The molecule has 1 heterocycles. The maximum atomic E-state index is 12.0. The molecule has 0 aliphatic rings. The maximum Gasteiger partial charge on any atom is 0.288 e. The van der Waals surface area contributed by atoms with Crippen LogP contribution in [0, 0.1) is 10.1 Å². The number of aromatic nitrogens is 1. The Bertz CT molecular complexity index is 481. The molecular weight excluding hydrogens is 268 g/mol. The Morgan fingerprint density at radius 1 is 1.68 bits per heavy atom. The number of thioether (sulfide) groups is 1. The Labute approximate surface area is 115 Å². The van der Waals surface area contributed by atoms with Crippen molar-refractivity contribution in [3.63, 3.8) is 0 Å². The van der Waals surface area contributed by atoms with Gasteiger partial charge in [0.1, 0.15) is 12.0 Å². The highest BCUT2D eigenvalue weighted by atomic mass is 32.2. The van der Waals surface area contributed by atoms with Crippen LogP contribution in [-0.2, 0) is 0 Å². The SMILES string of the molecule is CSCCC(C)NC(=O)c1cc([N+](=O)[O-])cnc1N. The number of anilines is 1. The third-order valence-electron chi connectivity index (χ3n) is 2.49. The van der Waals surface area contributed by atoms with Gasteiger partial charge in [-0.25, -0.2) is 4.98 Å². The lowest BCUT2D eigenvalue weighted by Crippen LogP contribution is -2.33. The minimum Gasteiger partial charge on any atom is -0.383 e. The molecule has 104 valence electrons. The fraction of sp³-hybridized carbons (Fsp3) is 0.455. The van der Waals surface area contributed by atoms with Crippen LogP contribution < -0.4 is 11.1 Å². The molecule has 1 amide bonds. The van der Waals surface area contributed by atoms with Crippen LogP contribution in [0.25, 0.3) is 0 Å². The quantitative estimate of drug-likeness (QED) is 0.604. The summed E-state index contributed by atoms with van der Waals surface area (Å²) in [5.74, 6) is 0.465. The molecule has 0 saturated heterocycles. The zero-order chi connectivity index (χ0) is 14.4. The van der Waals surface area contributed by atoms with E-state index in [1.807, 2.05) is 13.2 Å². The van der Waals surface area contributed by atoms with Gasteiger partial charge in [0, 0.05) is 12.1 Å². The average Bonchev–Trinajstić information content (AvgIpc) is 2.36. The summed E-state index contributed by atoms with van der Waals surface area (Å²) >= 11 is 1.68. The Morgan fingerprint density at radius 3 is 2.95 bits per heavy atom. The summed E-state index contributed by atoms with van der Waals surface area (Å²) in [4.78, 5) is 25.6. The second-order valence-corrected chi connectivity index (χ2v) is 5.03. The van der Waals surface area contributed by atoms with Gasteiger partial charge in [0.25, 0.3) is 11.6 Å². The van der Waals surface area contributed by atoms with E-state index in [4.69, 9.17) is 5.73 Å². The van der Waals surface area contributed by atoms with Gasteiger partial charge in [0.15, 0.2) is 0 Å². The molecule has 0 aliphatic heterocycles. The molecule has 8 heteroatoms. The van der Waals surface area contributed by atoms with E-state index in [-0.39, 0.29) is 23.1 Å². The first-order valence-electron chi connectivity index (χ1n) is 5.65. The van der Waals surface area contributed by atoms with Crippen molar-refractivity contribution in [3.8, 4) is 0 Å². The molecule has 0 radical (unpaired) electrons. The van der Waals surface area contributed by atoms with Crippen LogP contribution in [0.2, 0.25) is 0 Å². The number of nitrogen functional groups attached to an aromatic ring is 1. The molecule has 0 fully saturated rings. The molecule has 0 aromatic carbocycles. The van der Waals surface area contributed by atoms with Gasteiger partial charge in [-0.2, -0.15) is 11.8 Å². The molecule has 1 aromatic heterocycles. The summed E-state index contributed by atoms with van der Waals surface area (Å²) in [7, 11) is 0. The summed E-state index contributed by atoms with van der Waals surface area (Å²) in [6.07, 6.45) is 3.83. The number of carbonyl (C=O) groups is 1. The van der Waals surface area contributed by atoms with Gasteiger partial charge in [-0.15, -0.1) is 0 Å². The van der Waals surface area contributed by atoms with Gasteiger partial charge in [0.05, 0.1) is 10.5 Å². The van der Waals surface area contributed by atoms with Gasteiger partial charge in [-0.1, -0.05) is 0 Å². The summed E-state index contributed by atoms with van der Waals surface area (Å²) in [5.41, 5.74) is 5.35. The monoisotopic (exact) mass is 284 g/mol. The number of pyridine rings is 1. The number of rotatable bonds is 6. The number of nitrogens with two attached hydrogens (primary N) is 1. The number of nitrogens with one attached hydrogen (secondary N) is 1. The van der Waals surface area contributed by atoms with Crippen LogP contribution in [0.3, 0.4) is 0 Å². The fourth-order valence-electron chi connectivity index (χ4n) is 1.41. The topological polar surface area (TPSA) is 111 Å². The molecule has 0 spiro atoms. The third-order valence-corrected chi connectivity index (χ3v) is 3.14. The van der Waals surface area contributed by atoms with Crippen molar-refractivity contribution in [2.45, 2.75) is 19.4 Å². The van der Waals surface area contributed by atoms with Crippen LogP contribution in [0.15, 0.2) is 12.3 Å². The number of carbonyl (C=O) groups excluding carboxylic acids is 1. The second-order valence-electron chi connectivity index (χ2n) is 4.04. The van der Waals surface area contributed by atoms with E-state index in [9.17, 15) is 14.9 Å². The van der Waals surface area contributed by atoms with E-state index in [1.54, 1.807) is 11.8 Å². The van der Waals surface area contributed by atoms with Gasteiger partial charge in [0.2, 0.25) is 0 Å². The van der Waals surface area contributed by atoms with Crippen LogP contribution >= 0.6 is 11.8 Å². The zero-order valence-electron chi connectivity index (χ0n) is 10.8. The third kappa shape index (κ3) is 4.40. The summed E-state index contributed by atoms with van der Waals surface area (Å²) in [6.45, 7) is 1.87. The normalized spacial score (nSPS) is 11.9. The van der Waals surface area contributed by atoms with E-state index in [0.29, 0.717) is 0 Å². The van der Waals surface area contributed by atoms with Crippen LogP contribution in [0.5, 0.6) is 0 Å². The first-order valence-corrected chi connectivity index (χ1v) is 7.04. The van der Waals surface area contributed by atoms with Crippen molar-refractivity contribution in [1.29, 1.82) is 0 Å². The van der Waals surface area contributed by atoms with E-state index in [0.717, 1.165) is 24.4 Å². The van der Waals surface area contributed by atoms with Gasteiger partial charge >= 0.3 is 0 Å². The number of amides is 1. The predicted octanol–water partition coefficient (Wildman–Crippen LogP) is 1.44. The number of hydrogen-bond donors (Lipinski definition) is 2. The number of hydrogen-bond acceptors (Lipinski definition) is 6. The lowest BCUT2D eigenvalue weighted by atomic mass is 10.2. The average molecular weight is 284 g/mol. The first kappa shape index (κ1) is 15.2. The lowest BCUT2D eigenvalue weighted by molar-refractivity contribution is -0.385. The molecule has 0 bridgehead atoms. The molecular formula is C11H16N4O3S. The van der Waals surface area contributed by atoms with E-state index >= 15 is 0 Å². The van der Waals surface area contributed by atoms with Crippen molar-refractivity contribution < 1.29 is 9.72 Å². The van der Waals surface area contributed by atoms with Crippen molar-refractivity contribution in [2.75, 3.05) is 17.7 Å². The smallest absolute Gasteiger partial charge is 0.288 e. The second kappa shape index (κ2) is 6.93. The van der Waals surface area contributed by atoms with Crippen LogP contribution in [-0.4, -0.2) is 33.9 Å². The van der Waals surface area contributed by atoms with Crippen LogP contribution in [0.4, 0.5) is 11.5 Å². The Kier molecular flexibility index (Phi) is 5.56. The molecule has 7 nitrogen and oxygen atoms in total. The number of nitrogens with zero attached hydrogens (tertiary/aromatic N) is 2. The maximum absolute atomic E-state index is 12.0. The van der Waals surface area contributed by atoms with E-state index in [1.165, 1.54) is 0 Å². The highest BCUT2D eigenvalue weighted by Crippen LogP contribution is 2.16.